The van der Waals surface area contributed by atoms with Crippen molar-refractivity contribution in [2.24, 2.45) is 0 Å². The number of nitrogens with one attached hydrogen (secondary N) is 1. The lowest BCUT2D eigenvalue weighted by Crippen LogP contribution is -2.12. The molecule has 0 aliphatic carbocycles. The standard InChI is InChI=1S/C21H20N2O3/c1-3-16(11-23-13-18-4-2-8-22-12-18)9-19(5-1)24-14-17-6-7-20-21(10-17)26-15-25-20/h1-10,12,23H,11,13-15H2. The molecule has 0 atom stereocenters. The van der Waals surface area contributed by atoms with Crippen LogP contribution >= 0.6 is 0 Å². The van der Waals surface area contributed by atoms with Crippen LogP contribution in [0.5, 0.6) is 17.2 Å². The second-order valence-corrected chi connectivity index (χ2v) is 6.09. The van der Waals surface area contributed by atoms with Gasteiger partial charge in [0.15, 0.2) is 11.5 Å². The first-order chi connectivity index (χ1) is 12.9. The average Bonchev–Trinajstić information content (AvgIpc) is 3.15. The van der Waals surface area contributed by atoms with Crippen molar-refractivity contribution in [3.05, 3.63) is 83.7 Å². The van der Waals surface area contributed by atoms with E-state index in [0.717, 1.165) is 35.9 Å². The fraction of sp³-hybridized carbons (Fsp3) is 0.190. The predicted octanol–water partition coefficient (Wildman–Crippen LogP) is 3.68. The van der Waals surface area contributed by atoms with Crippen LogP contribution in [0.15, 0.2) is 67.0 Å². The SMILES string of the molecule is c1cncc(CNCc2cccc(OCc3ccc4c(c3)OCO4)c2)c1. The molecule has 0 saturated carbocycles. The third kappa shape index (κ3) is 4.13. The van der Waals surface area contributed by atoms with E-state index in [1.54, 1.807) is 6.20 Å². The van der Waals surface area contributed by atoms with Crippen LogP contribution in [-0.2, 0) is 19.7 Å². The summed E-state index contributed by atoms with van der Waals surface area (Å²) in [6.07, 6.45) is 3.66. The molecule has 26 heavy (non-hydrogen) atoms. The Hall–Kier alpha value is -3.05. The Balaban J connectivity index is 1.31. The quantitative estimate of drug-likeness (QED) is 0.706. The minimum absolute atomic E-state index is 0.285. The minimum atomic E-state index is 0.285. The van der Waals surface area contributed by atoms with Gasteiger partial charge < -0.3 is 19.5 Å². The van der Waals surface area contributed by atoms with Crippen LogP contribution < -0.4 is 19.5 Å². The van der Waals surface area contributed by atoms with Gasteiger partial charge in [-0.1, -0.05) is 24.3 Å². The maximum Gasteiger partial charge on any atom is 0.231 e. The molecule has 1 aromatic heterocycles. The number of hydrogen-bond donors (Lipinski definition) is 1. The zero-order chi connectivity index (χ0) is 17.6. The summed E-state index contributed by atoms with van der Waals surface area (Å²) < 4.78 is 16.7. The molecule has 0 spiro atoms. The fourth-order valence-electron chi connectivity index (χ4n) is 2.80. The Labute approximate surface area is 152 Å². The molecule has 0 radical (unpaired) electrons. The van der Waals surface area contributed by atoms with E-state index >= 15 is 0 Å². The molecule has 3 aromatic rings. The molecule has 5 heteroatoms. The fourth-order valence-corrected chi connectivity index (χ4v) is 2.80. The van der Waals surface area contributed by atoms with Gasteiger partial charge in [0.1, 0.15) is 12.4 Å². The predicted molar refractivity (Wildman–Crippen MR) is 98.1 cm³/mol. The molecule has 1 aliphatic heterocycles. The zero-order valence-electron chi connectivity index (χ0n) is 14.4. The third-order valence-electron chi connectivity index (χ3n) is 4.12. The molecule has 2 heterocycles. The van der Waals surface area contributed by atoms with E-state index in [4.69, 9.17) is 14.2 Å². The maximum atomic E-state index is 5.92. The number of rotatable bonds is 7. The van der Waals surface area contributed by atoms with Gasteiger partial charge in [-0.25, -0.2) is 0 Å². The largest absolute Gasteiger partial charge is 0.489 e. The van der Waals surface area contributed by atoms with Crippen LogP contribution in [-0.4, -0.2) is 11.8 Å². The number of fused-ring (bicyclic) bond motifs is 1. The van der Waals surface area contributed by atoms with Gasteiger partial charge in [-0.05, 0) is 47.0 Å². The van der Waals surface area contributed by atoms with Crippen molar-refractivity contribution >= 4 is 0 Å². The van der Waals surface area contributed by atoms with E-state index in [1.165, 1.54) is 11.1 Å². The first-order valence-electron chi connectivity index (χ1n) is 8.57. The molecular formula is C21H20N2O3. The number of benzene rings is 2. The molecule has 0 bridgehead atoms. The number of ether oxygens (including phenoxy) is 3. The van der Waals surface area contributed by atoms with Crippen LogP contribution in [0.1, 0.15) is 16.7 Å². The molecule has 1 N–H and O–H groups in total. The molecule has 5 nitrogen and oxygen atoms in total. The van der Waals surface area contributed by atoms with Crippen molar-refractivity contribution in [1.82, 2.24) is 10.3 Å². The van der Waals surface area contributed by atoms with Gasteiger partial charge in [-0.15, -0.1) is 0 Å². The molecular weight excluding hydrogens is 328 g/mol. The van der Waals surface area contributed by atoms with Gasteiger partial charge in [0, 0.05) is 25.5 Å². The van der Waals surface area contributed by atoms with E-state index in [2.05, 4.69) is 28.5 Å². The first-order valence-corrected chi connectivity index (χ1v) is 8.57. The molecule has 0 saturated heterocycles. The Morgan fingerprint density at radius 1 is 0.885 bits per heavy atom. The first kappa shape index (κ1) is 16.4. The molecule has 2 aromatic carbocycles. The van der Waals surface area contributed by atoms with Gasteiger partial charge in [0.25, 0.3) is 0 Å². The monoisotopic (exact) mass is 348 g/mol. The summed E-state index contributed by atoms with van der Waals surface area (Å²) in [5.74, 6) is 2.42. The number of aromatic nitrogens is 1. The minimum Gasteiger partial charge on any atom is -0.489 e. The van der Waals surface area contributed by atoms with E-state index in [0.29, 0.717) is 6.61 Å². The normalized spacial score (nSPS) is 12.2. The van der Waals surface area contributed by atoms with E-state index in [-0.39, 0.29) is 6.79 Å². The third-order valence-corrected chi connectivity index (χ3v) is 4.12. The highest BCUT2D eigenvalue weighted by Gasteiger charge is 2.13. The van der Waals surface area contributed by atoms with Gasteiger partial charge in [-0.2, -0.15) is 0 Å². The number of nitrogens with zero attached hydrogens (tertiary/aromatic N) is 1. The Bertz CT molecular complexity index is 868. The summed E-state index contributed by atoms with van der Waals surface area (Å²) in [7, 11) is 0. The van der Waals surface area contributed by atoms with Crippen molar-refractivity contribution in [2.75, 3.05) is 6.79 Å². The lowest BCUT2D eigenvalue weighted by atomic mass is 10.2. The Kier molecular flexibility index (Phi) is 4.98. The van der Waals surface area contributed by atoms with Crippen molar-refractivity contribution in [1.29, 1.82) is 0 Å². The summed E-state index contributed by atoms with van der Waals surface area (Å²) in [4.78, 5) is 4.12. The van der Waals surface area contributed by atoms with Gasteiger partial charge in [0.2, 0.25) is 6.79 Å². The van der Waals surface area contributed by atoms with Crippen LogP contribution in [0.3, 0.4) is 0 Å². The van der Waals surface area contributed by atoms with Crippen LogP contribution in [0, 0.1) is 0 Å². The van der Waals surface area contributed by atoms with Crippen molar-refractivity contribution in [3.8, 4) is 17.2 Å². The number of hydrogen-bond acceptors (Lipinski definition) is 5. The van der Waals surface area contributed by atoms with Crippen LogP contribution in [0.2, 0.25) is 0 Å². The molecule has 0 unspecified atom stereocenters. The summed E-state index contributed by atoms with van der Waals surface area (Å²) in [5.41, 5.74) is 3.40. The number of pyridine rings is 1. The van der Waals surface area contributed by atoms with E-state index < -0.39 is 0 Å². The van der Waals surface area contributed by atoms with Gasteiger partial charge in [0.05, 0.1) is 0 Å². The average molecular weight is 348 g/mol. The second-order valence-electron chi connectivity index (χ2n) is 6.09. The highest BCUT2D eigenvalue weighted by atomic mass is 16.7. The smallest absolute Gasteiger partial charge is 0.231 e. The summed E-state index contributed by atoms with van der Waals surface area (Å²) in [6.45, 7) is 2.34. The van der Waals surface area contributed by atoms with E-state index in [1.807, 2.05) is 42.6 Å². The van der Waals surface area contributed by atoms with Crippen molar-refractivity contribution < 1.29 is 14.2 Å². The van der Waals surface area contributed by atoms with Crippen LogP contribution in [0.25, 0.3) is 0 Å². The van der Waals surface area contributed by atoms with Gasteiger partial charge >= 0.3 is 0 Å². The molecule has 1 aliphatic rings. The van der Waals surface area contributed by atoms with Crippen molar-refractivity contribution in [3.63, 3.8) is 0 Å². The highest BCUT2D eigenvalue weighted by molar-refractivity contribution is 5.44. The molecule has 0 fully saturated rings. The topological polar surface area (TPSA) is 52.6 Å². The summed E-state index contributed by atoms with van der Waals surface area (Å²) in [5, 5.41) is 3.42. The van der Waals surface area contributed by atoms with E-state index in [9.17, 15) is 0 Å². The maximum absolute atomic E-state index is 5.92. The summed E-state index contributed by atoms with van der Waals surface area (Å²) in [6, 6.07) is 18.0. The zero-order valence-corrected chi connectivity index (χ0v) is 14.4. The lowest BCUT2D eigenvalue weighted by Gasteiger charge is -2.09. The lowest BCUT2D eigenvalue weighted by molar-refractivity contribution is 0.174. The molecule has 132 valence electrons. The van der Waals surface area contributed by atoms with Crippen LogP contribution in [0.4, 0.5) is 0 Å². The second kappa shape index (κ2) is 7.89. The van der Waals surface area contributed by atoms with Crippen molar-refractivity contribution in [2.45, 2.75) is 19.7 Å². The molecule has 0 amide bonds. The Morgan fingerprint density at radius 3 is 2.69 bits per heavy atom. The molecule has 4 rings (SSSR count). The highest BCUT2D eigenvalue weighted by Crippen LogP contribution is 2.32. The Morgan fingerprint density at radius 2 is 1.77 bits per heavy atom. The van der Waals surface area contributed by atoms with Gasteiger partial charge in [-0.3, -0.25) is 4.98 Å². The summed E-state index contributed by atoms with van der Waals surface area (Å²) >= 11 is 0.